The number of nitrogens with one attached hydrogen (secondary N) is 2. The molecular weight excluding hydrogens is 376 g/mol. The van der Waals surface area contributed by atoms with Gasteiger partial charge in [-0.1, -0.05) is 48.5 Å². The molecule has 8 nitrogen and oxygen atoms in total. The van der Waals surface area contributed by atoms with Crippen molar-refractivity contribution in [1.29, 1.82) is 0 Å². The molecular formula is C22H16N8. The molecule has 0 saturated heterocycles. The Morgan fingerprint density at radius 1 is 0.533 bits per heavy atom. The minimum atomic E-state index is 0.575. The number of rotatable bonds is 4. The monoisotopic (exact) mass is 392 g/mol. The maximum atomic E-state index is 4.46. The van der Waals surface area contributed by atoms with Gasteiger partial charge in [0.1, 0.15) is 0 Å². The second-order valence-corrected chi connectivity index (χ2v) is 6.84. The lowest BCUT2D eigenvalue weighted by Crippen LogP contribution is -2.04. The Labute approximate surface area is 170 Å². The SMILES string of the molecule is c1ccc(Nc2nnc3n2c2ccccc2c2nnc(Nc4ccccc4)n23)cc1. The molecule has 144 valence electrons. The molecule has 0 bridgehead atoms. The lowest BCUT2D eigenvalue weighted by Gasteiger charge is -2.10. The second kappa shape index (κ2) is 6.56. The van der Waals surface area contributed by atoms with Gasteiger partial charge in [0, 0.05) is 16.8 Å². The van der Waals surface area contributed by atoms with E-state index in [2.05, 4.69) is 31.0 Å². The van der Waals surface area contributed by atoms with Crippen LogP contribution < -0.4 is 10.6 Å². The topological polar surface area (TPSA) is 84.4 Å². The van der Waals surface area contributed by atoms with Crippen LogP contribution in [-0.4, -0.2) is 29.2 Å². The molecule has 0 aliphatic heterocycles. The van der Waals surface area contributed by atoms with Crippen LogP contribution in [0.3, 0.4) is 0 Å². The lowest BCUT2D eigenvalue weighted by molar-refractivity contribution is 1.06. The summed E-state index contributed by atoms with van der Waals surface area (Å²) in [5.41, 5.74) is 3.51. The highest BCUT2D eigenvalue weighted by molar-refractivity contribution is 5.95. The number of hydrogen-bond donors (Lipinski definition) is 2. The Morgan fingerprint density at radius 2 is 1.10 bits per heavy atom. The molecule has 0 aliphatic carbocycles. The summed E-state index contributed by atoms with van der Waals surface area (Å²) in [6, 6.07) is 27.8. The molecule has 0 radical (unpaired) electrons. The van der Waals surface area contributed by atoms with Crippen LogP contribution >= 0.6 is 0 Å². The first-order valence-corrected chi connectivity index (χ1v) is 9.53. The molecule has 3 heterocycles. The Morgan fingerprint density at radius 3 is 1.80 bits per heavy atom. The molecule has 0 amide bonds. The number of benzene rings is 3. The standard InChI is InChI=1S/C22H16N8/c1-3-9-15(10-4-1)23-20-27-28-22-29(20)18-14-8-7-13-17(18)19-25-26-21(30(19)22)24-16-11-5-2-6-12-16/h1-14H,(H,23,27)(H,24,26). The molecule has 0 saturated carbocycles. The van der Waals surface area contributed by atoms with Gasteiger partial charge in [-0.15, -0.1) is 20.4 Å². The fraction of sp³-hybridized carbons (Fsp3) is 0. The largest absolute Gasteiger partial charge is 0.324 e. The normalized spacial score (nSPS) is 11.3. The highest BCUT2D eigenvalue weighted by atomic mass is 15.4. The van der Waals surface area contributed by atoms with Crippen LogP contribution in [0.15, 0.2) is 84.9 Å². The van der Waals surface area contributed by atoms with Gasteiger partial charge < -0.3 is 10.6 Å². The van der Waals surface area contributed by atoms with Crippen LogP contribution in [0, 0.1) is 0 Å². The quantitative estimate of drug-likeness (QED) is 0.462. The van der Waals surface area contributed by atoms with Gasteiger partial charge in [-0.2, -0.15) is 0 Å². The Kier molecular flexibility index (Phi) is 3.60. The van der Waals surface area contributed by atoms with Gasteiger partial charge >= 0.3 is 0 Å². The first kappa shape index (κ1) is 16.5. The molecule has 6 rings (SSSR count). The zero-order valence-corrected chi connectivity index (χ0v) is 15.8. The van der Waals surface area contributed by atoms with Gasteiger partial charge in [-0.3, -0.25) is 0 Å². The third kappa shape index (κ3) is 2.55. The van der Waals surface area contributed by atoms with Crippen molar-refractivity contribution in [1.82, 2.24) is 29.2 Å². The van der Waals surface area contributed by atoms with E-state index in [0.29, 0.717) is 17.7 Å². The molecule has 2 N–H and O–H groups in total. The van der Waals surface area contributed by atoms with Crippen LogP contribution in [0.5, 0.6) is 0 Å². The third-order valence-electron chi connectivity index (χ3n) is 4.95. The van der Waals surface area contributed by atoms with E-state index < -0.39 is 0 Å². The van der Waals surface area contributed by atoms with Gasteiger partial charge in [-0.25, -0.2) is 8.80 Å². The zero-order chi connectivity index (χ0) is 19.9. The molecule has 8 heteroatoms. The zero-order valence-electron chi connectivity index (χ0n) is 15.8. The van der Waals surface area contributed by atoms with Crippen molar-refractivity contribution in [2.24, 2.45) is 0 Å². The molecule has 30 heavy (non-hydrogen) atoms. The third-order valence-corrected chi connectivity index (χ3v) is 4.95. The first-order valence-electron chi connectivity index (χ1n) is 9.53. The van der Waals surface area contributed by atoms with E-state index in [1.807, 2.05) is 93.7 Å². The van der Waals surface area contributed by atoms with Crippen molar-refractivity contribution in [3.63, 3.8) is 0 Å². The predicted octanol–water partition coefficient (Wildman–Crippen LogP) is 4.41. The van der Waals surface area contributed by atoms with Crippen LogP contribution in [0.1, 0.15) is 0 Å². The Balaban J connectivity index is 1.62. The number of hydrogen-bond acceptors (Lipinski definition) is 6. The minimum Gasteiger partial charge on any atom is -0.324 e. The van der Waals surface area contributed by atoms with Crippen molar-refractivity contribution in [3.8, 4) is 0 Å². The van der Waals surface area contributed by atoms with Crippen LogP contribution in [0.4, 0.5) is 23.3 Å². The second-order valence-electron chi connectivity index (χ2n) is 6.84. The number of anilines is 4. The Bertz CT molecular complexity index is 1490. The van der Waals surface area contributed by atoms with Crippen LogP contribution in [0.25, 0.3) is 22.3 Å². The lowest BCUT2D eigenvalue weighted by atomic mass is 10.2. The Hall–Kier alpha value is -4.46. The smallest absolute Gasteiger partial charge is 0.246 e. The molecule has 0 unspecified atom stereocenters. The maximum absolute atomic E-state index is 4.46. The highest BCUT2D eigenvalue weighted by Gasteiger charge is 2.19. The van der Waals surface area contributed by atoms with Crippen molar-refractivity contribution < 1.29 is 0 Å². The van der Waals surface area contributed by atoms with Crippen molar-refractivity contribution >= 4 is 45.6 Å². The van der Waals surface area contributed by atoms with Crippen LogP contribution in [0.2, 0.25) is 0 Å². The average molecular weight is 392 g/mol. The minimum absolute atomic E-state index is 0.575. The molecule has 6 aromatic rings. The van der Waals surface area contributed by atoms with E-state index in [1.165, 1.54) is 0 Å². The van der Waals surface area contributed by atoms with E-state index in [9.17, 15) is 0 Å². The van der Waals surface area contributed by atoms with Gasteiger partial charge in [0.05, 0.1) is 5.52 Å². The molecule has 3 aromatic carbocycles. The van der Waals surface area contributed by atoms with Gasteiger partial charge in [0.2, 0.25) is 17.7 Å². The van der Waals surface area contributed by atoms with Crippen molar-refractivity contribution in [2.45, 2.75) is 0 Å². The fourth-order valence-corrected chi connectivity index (χ4v) is 3.61. The van der Waals surface area contributed by atoms with E-state index in [-0.39, 0.29) is 0 Å². The van der Waals surface area contributed by atoms with E-state index in [0.717, 1.165) is 27.9 Å². The van der Waals surface area contributed by atoms with Crippen LogP contribution in [-0.2, 0) is 0 Å². The fourth-order valence-electron chi connectivity index (χ4n) is 3.61. The van der Waals surface area contributed by atoms with E-state index >= 15 is 0 Å². The van der Waals surface area contributed by atoms with Crippen molar-refractivity contribution in [3.05, 3.63) is 84.9 Å². The predicted molar refractivity (Wildman–Crippen MR) is 116 cm³/mol. The number of para-hydroxylation sites is 3. The van der Waals surface area contributed by atoms with Crippen molar-refractivity contribution in [2.75, 3.05) is 10.6 Å². The van der Waals surface area contributed by atoms with Gasteiger partial charge in [0.15, 0.2) is 5.65 Å². The van der Waals surface area contributed by atoms with E-state index in [4.69, 9.17) is 0 Å². The summed E-state index contributed by atoms with van der Waals surface area (Å²) in [7, 11) is 0. The van der Waals surface area contributed by atoms with Gasteiger partial charge in [-0.05, 0) is 36.4 Å². The number of fused-ring (bicyclic) bond motifs is 6. The van der Waals surface area contributed by atoms with E-state index in [1.54, 1.807) is 0 Å². The molecule has 0 fully saturated rings. The number of aromatic nitrogens is 6. The number of nitrogens with zero attached hydrogens (tertiary/aromatic N) is 6. The molecule has 0 spiro atoms. The summed E-state index contributed by atoms with van der Waals surface area (Å²) in [5, 5.41) is 25.3. The maximum Gasteiger partial charge on any atom is 0.246 e. The highest BCUT2D eigenvalue weighted by Crippen LogP contribution is 2.28. The van der Waals surface area contributed by atoms with Gasteiger partial charge in [0.25, 0.3) is 0 Å². The molecule has 0 aliphatic rings. The summed E-state index contributed by atoms with van der Waals surface area (Å²) in [5.74, 6) is 1.81. The summed E-state index contributed by atoms with van der Waals surface area (Å²) in [6.45, 7) is 0. The molecule has 0 atom stereocenters. The summed E-state index contributed by atoms with van der Waals surface area (Å²) < 4.78 is 3.87. The summed E-state index contributed by atoms with van der Waals surface area (Å²) in [6.07, 6.45) is 0. The average Bonchev–Trinajstić information content (AvgIpc) is 3.40. The summed E-state index contributed by atoms with van der Waals surface area (Å²) in [4.78, 5) is 0. The first-order chi connectivity index (χ1) is 14.9. The summed E-state index contributed by atoms with van der Waals surface area (Å²) >= 11 is 0. The molecule has 3 aromatic heterocycles.